The lowest BCUT2D eigenvalue weighted by molar-refractivity contribution is 0.419. The standard InChI is InChI=1S/C53H39N5/c1-53(2,3)58-50-29-25-37(35-23-27-48-43(31-35)41-19-11-13-21-46(41)56(48)39-16-8-5-9-17-39)33-51(50)57-49-28-24-36(32-44(49)54-52(57)58)34-22-26-47-42(30-34)40-18-10-12-20-45(40)55(47)38-14-6-4-7-15-38/h4-33H,1-3H3. The van der Waals surface area contributed by atoms with Crippen LogP contribution in [0.25, 0.3) is 105 Å². The lowest BCUT2D eigenvalue weighted by atomic mass is 10.0. The summed E-state index contributed by atoms with van der Waals surface area (Å²) in [5.41, 5.74) is 16.1. The summed E-state index contributed by atoms with van der Waals surface area (Å²) in [4.78, 5) is 5.39. The smallest absolute Gasteiger partial charge is 0.216 e. The number of hydrogen-bond donors (Lipinski definition) is 0. The van der Waals surface area contributed by atoms with E-state index in [-0.39, 0.29) is 5.54 Å². The Bertz CT molecular complexity index is 3590. The molecule has 58 heavy (non-hydrogen) atoms. The summed E-state index contributed by atoms with van der Waals surface area (Å²) in [5.74, 6) is 0.953. The van der Waals surface area contributed by atoms with Crippen LogP contribution in [-0.2, 0) is 5.54 Å². The fraction of sp³-hybridized carbons (Fsp3) is 0.0755. The van der Waals surface area contributed by atoms with E-state index in [0.717, 1.165) is 27.9 Å². The Hall–Kier alpha value is -7.37. The molecular formula is C53H39N5. The van der Waals surface area contributed by atoms with E-state index in [2.05, 4.69) is 221 Å². The van der Waals surface area contributed by atoms with Crippen LogP contribution in [0.5, 0.6) is 0 Å². The molecule has 0 spiro atoms. The molecule has 5 nitrogen and oxygen atoms in total. The van der Waals surface area contributed by atoms with Crippen molar-refractivity contribution in [1.82, 2.24) is 23.1 Å². The number of nitrogens with zero attached hydrogens (tertiary/aromatic N) is 5. The Morgan fingerprint density at radius 3 is 1.33 bits per heavy atom. The molecule has 0 unspecified atom stereocenters. The summed E-state index contributed by atoms with van der Waals surface area (Å²) in [6, 6.07) is 66.2. The Kier molecular flexibility index (Phi) is 6.83. The average molecular weight is 746 g/mol. The van der Waals surface area contributed by atoms with Gasteiger partial charge in [0.1, 0.15) is 0 Å². The Morgan fingerprint density at radius 1 is 0.362 bits per heavy atom. The molecule has 0 N–H and O–H groups in total. The Balaban J connectivity index is 1.02. The number of para-hydroxylation sites is 4. The zero-order valence-electron chi connectivity index (χ0n) is 32.6. The van der Waals surface area contributed by atoms with Gasteiger partial charge in [-0.1, -0.05) is 97.1 Å². The van der Waals surface area contributed by atoms with Gasteiger partial charge in [0.05, 0.1) is 44.1 Å². The van der Waals surface area contributed by atoms with E-state index in [1.165, 1.54) is 77.2 Å². The molecule has 12 aromatic rings. The van der Waals surface area contributed by atoms with Crippen molar-refractivity contribution in [2.24, 2.45) is 0 Å². The molecule has 8 aromatic carbocycles. The summed E-state index contributed by atoms with van der Waals surface area (Å²) in [6.45, 7) is 6.80. The van der Waals surface area contributed by atoms with Crippen LogP contribution < -0.4 is 0 Å². The number of hydrogen-bond acceptors (Lipinski definition) is 1. The quantitative estimate of drug-likeness (QED) is 0.177. The minimum absolute atomic E-state index is 0.190. The molecule has 12 rings (SSSR count). The van der Waals surface area contributed by atoms with Crippen LogP contribution in [0.2, 0.25) is 0 Å². The second kappa shape index (κ2) is 12.1. The normalized spacial score (nSPS) is 12.4. The van der Waals surface area contributed by atoms with Crippen LogP contribution in [0.1, 0.15) is 20.8 Å². The van der Waals surface area contributed by atoms with Crippen LogP contribution >= 0.6 is 0 Å². The molecule has 4 aromatic heterocycles. The van der Waals surface area contributed by atoms with Crippen molar-refractivity contribution >= 4 is 71.5 Å². The van der Waals surface area contributed by atoms with Crippen LogP contribution in [0.4, 0.5) is 0 Å². The van der Waals surface area contributed by atoms with E-state index < -0.39 is 0 Å². The molecular weight excluding hydrogens is 707 g/mol. The number of aromatic nitrogens is 5. The van der Waals surface area contributed by atoms with Gasteiger partial charge < -0.3 is 13.7 Å². The summed E-state index contributed by atoms with van der Waals surface area (Å²) >= 11 is 0. The van der Waals surface area contributed by atoms with E-state index >= 15 is 0 Å². The molecule has 0 aliphatic carbocycles. The first-order chi connectivity index (χ1) is 28.4. The highest BCUT2D eigenvalue weighted by molar-refractivity contribution is 6.12. The molecule has 0 saturated heterocycles. The van der Waals surface area contributed by atoms with E-state index in [0.29, 0.717) is 0 Å². The highest BCUT2D eigenvalue weighted by Crippen LogP contribution is 2.39. The fourth-order valence-electron chi connectivity index (χ4n) is 9.49. The van der Waals surface area contributed by atoms with Crippen molar-refractivity contribution in [3.8, 4) is 33.6 Å². The van der Waals surface area contributed by atoms with Gasteiger partial charge in [-0.3, -0.25) is 4.40 Å². The van der Waals surface area contributed by atoms with E-state index in [4.69, 9.17) is 4.98 Å². The van der Waals surface area contributed by atoms with Crippen LogP contribution in [0.3, 0.4) is 0 Å². The maximum absolute atomic E-state index is 5.39. The highest BCUT2D eigenvalue weighted by Gasteiger charge is 2.25. The van der Waals surface area contributed by atoms with Gasteiger partial charge in [0.25, 0.3) is 0 Å². The van der Waals surface area contributed by atoms with Gasteiger partial charge in [-0.25, -0.2) is 4.98 Å². The van der Waals surface area contributed by atoms with Gasteiger partial charge in [0.15, 0.2) is 0 Å². The molecule has 0 amide bonds. The van der Waals surface area contributed by atoms with Gasteiger partial charge in [-0.15, -0.1) is 0 Å². The molecule has 0 saturated carbocycles. The monoisotopic (exact) mass is 745 g/mol. The molecule has 5 heteroatoms. The lowest BCUT2D eigenvalue weighted by Crippen LogP contribution is -2.21. The summed E-state index contributed by atoms with van der Waals surface area (Å²) in [7, 11) is 0. The maximum atomic E-state index is 5.39. The Morgan fingerprint density at radius 2 is 0.793 bits per heavy atom. The first kappa shape index (κ1) is 32.8. The van der Waals surface area contributed by atoms with Crippen molar-refractivity contribution in [2.45, 2.75) is 26.3 Å². The van der Waals surface area contributed by atoms with Crippen molar-refractivity contribution in [3.63, 3.8) is 0 Å². The molecule has 0 radical (unpaired) electrons. The average Bonchev–Trinajstić information content (AvgIpc) is 3.98. The zero-order chi connectivity index (χ0) is 38.7. The Labute approximate surface area is 335 Å². The lowest BCUT2D eigenvalue weighted by Gasteiger charge is -2.22. The zero-order valence-corrected chi connectivity index (χ0v) is 32.6. The molecule has 0 aliphatic heterocycles. The van der Waals surface area contributed by atoms with E-state index in [1.807, 2.05) is 0 Å². The first-order valence-corrected chi connectivity index (χ1v) is 20.1. The fourth-order valence-corrected chi connectivity index (χ4v) is 9.49. The van der Waals surface area contributed by atoms with E-state index in [1.54, 1.807) is 0 Å². The number of benzene rings is 8. The van der Waals surface area contributed by atoms with Crippen LogP contribution in [-0.4, -0.2) is 23.1 Å². The highest BCUT2D eigenvalue weighted by atomic mass is 15.2. The summed E-state index contributed by atoms with van der Waals surface area (Å²) in [5, 5.41) is 4.99. The summed E-state index contributed by atoms with van der Waals surface area (Å²) in [6.07, 6.45) is 0. The second-order valence-corrected chi connectivity index (χ2v) is 16.5. The van der Waals surface area contributed by atoms with Crippen molar-refractivity contribution in [3.05, 3.63) is 182 Å². The third kappa shape index (κ3) is 4.74. The molecule has 276 valence electrons. The largest absolute Gasteiger partial charge is 0.309 e. The summed E-state index contributed by atoms with van der Waals surface area (Å²) < 4.78 is 9.50. The maximum Gasteiger partial charge on any atom is 0.216 e. The van der Waals surface area contributed by atoms with Crippen LogP contribution in [0, 0.1) is 0 Å². The van der Waals surface area contributed by atoms with Gasteiger partial charge >= 0.3 is 0 Å². The third-order valence-electron chi connectivity index (χ3n) is 12.0. The second-order valence-electron chi connectivity index (χ2n) is 16.5. The van der Waals surface area contributed by atoms with Gasteiger partial charge in [-0.2, -0.15) is 0 Å². The molecule has 4 heterocycles. The topological polar surface area (TPSA) is 32.1 Å². The third-order valence-corrected chi connectivity index (χ3v) is 12.0. The van der Waals surface area contributed by atoms with E-state index in [9.17, 15) is 0 Å². The van der Waals surface area contributed by atoms with Crippen LogP contribution in [0.15, 0.2) is 182 Å². The minimum atomic E-state index is -0.190. The predicted molar refractivity (Wildman–Crippen MR) is 243 cm³/mol. The molecule has 0 atom stereocenters. The molecule has 0 fully saturated rings. The van der Waals surface area contributed by atoms with Gasteiger partial charge in [-0.05, 0) is 128 Å². The number of imidazole rings is 2. The molecule has 0 bridgehead atoms. The van der Waals surface area contributed by atoms with Crippen molar-refractivity contribution < 1.29 is 0 Å². The van der Waals surface area contributed by atoms with Crippen molar-refractivity contribution in [1.29, 1.82) is 0 Å². The van der Waals surface area contributed by atoms with Gasteiger partial charge in [0.2, 0.25) is 5.78 Å². The number of rotatable bonds is 4. The SMILES string of the molecule is CC(C)(C)n1c2ccc(-c3ccc4c(c3)c3ccccc3n4-c3ccccc3)cc2n2c3ccc(-c4ccc5c(c4)c4ccccc4n5-c4ccccc4)cc3nc12. The first-order valence-electron chi connectivity index (χ1n) is 20.1. The predicted octanol–water partition coefficient (Wildman–Crippen LogP) is 13.7. The van der Waals surface area contributed by atoms with Gasteiger partial charge in [0, 0.05) is 38.5 Å². The molecule has 0 aliphatic rings. The minimum Gasteiger partial charge on any atom is -0.309 e. The number of fused-ring (bicyclic) bond motifs is 11. The van der Waals surface area contributed by atoms with Crippen molar-refractivity contribution in [2.75, 3.05) is 0 Å².